The molecular formula is C17H17NO3. The number of methoxy groups -OCH3 is 1. The Kier molecular flexibility index (Phi) is 3.77. The number of rotatable bonds is 3. The fraction of sp³-hybridized carbons (Fsp3) is 0.235. The maximum atomic E-state index is 12.3. The maximum absolute atomic E-state index is 12.3. The highest BCUT2D eigenvalue weighted by atomic mass is 16.5. The maximum Gasteiger partial charge on any atom is 0.255 e. The van der Waals surface area contributed by atoms with E-state index in [0.29, 0.717) is 5.56 Å². The normalized spacial score (nSPS) is 13.0. The predicted octanol–water partition coefficient (Wildman–Crippen LogP) is 3.27. The van der Waals surface area contributed by atoms with Gasteiger partial charge in [-0.25, -0.2) is 0 Å². The Labute approximate surface area is 123 Å². The zero-order valence-corrected chi connectivity index (χ0v) is 11.9. The quantitative estimate of drug-likeness (QED) is 0.940. The molecule has 4 heteroatoms. The van der Waals surface area contributed by atoms with Crippen LogP contribution in [0.5, 0.6) is 11.5 Å². The van der Waals surface area contributed by atoms with Crippen LogP contribution in [0.25, 0.3) is 0 Å². The van der Waals surface area contributed by atoms with Crippen molar-refractivity contribution in [3.8, 4) is 11.5 Å². The molecule has 0 aromatic heterocycles. The van der Waals surface area contributed by atoms with Crippen LogP contribution in [-0.2, 0) is 6.42 Å². The van der Waals surface area contributed by atoms with Crippen molar-refractivity contribution in [2.45, 2.75) is 12.8 Å². The van der Waals surface area contributed by atoms with Gasteiger partial charge in [-0.1, -0.05) is 0 Å². The van der Waals surface area contributed by atoms with Crippen LogP contribution in [0.15, 0.2) is 42.5 Å². The van der Waals surface area contributed by atoms with E-state index >= 15 is 0 Å². The first-order chi connectivity index (χ1) is 10.3. The summed E-state index contributed by atoms with van der Waals surface area (Å²) in [6.07, 6.45) is 1.95. The van der Waals surface area contributed by atoms with Gasteiger partial charge in [-0.05, 0) is 60.9 Å². The number of nitrogens with one attached hydrogen (secondary N) is 1. The van der Waals surface area contributed by atoms with Gasteiger partial charge in [0.15, 0.2) is 0 Å². The van der Waals surface area contributed by atoms with Gasteiger partial charge in [-0.15, -0.1) is 0 Å². The van der Waals surface area contributed by atoms with Crippen LogP contribution < -0.4 is 14.8 Å². The molecule has 1 aliphatic heterocycles. The molecular weight excluding hydrogens is 266 g/mol. The summed E-state index contributed by atoms with van der Waals surface area (Å²) in [5, 5.41) is 2.88. The molecule has 1 aliphatic rings. The third-order valence-electron chi connectivity index (χ3n) is 3.52. The third kappa shape index (κ3) is 2.99. The molecule has 1 amide bonds. The van der Waals surface area contributed by atoms with Crippen LogP contribution in [-0.4, -0.2) is 19.6 Å². The molecule has 1 N–H and O–H groups in total. The van der Waals surface area contributed by atoms with E-state index in [4.69, 9.17) is 9.47 Å². The van der Waals surface area contributed by atoms with Crippen molar-refractivity contribution in [2.24, 2.45) is 0 Å². The Bertz CT molecular complexity index is 650. The minimum atomic E-state index is -0.117. The molecule has 21 heavy (non-hydrogen) atoms. The van der Waals surface area contributed by atoms with Crippen LogP contribution in [0, 0.1) is 0 Å². The zero-order chi connectivity index (χ0) is 14.7. The van der Waals surface area contributed by atoms with Crippen LogP contribution in [0.1, 0.15) is 22.3 Å². The second-order valence-electron chi connectivity index (χ2n) is 4.96. The summed E-state index contributed by atoms with van der Waals surface area (Å²) in [5.41, 5.74) is 2.49. The average Bonchev–Trinajstić information content (AvgIpc) is 2.55. The molecule has 2 aromatic carbocycles. The lowest BCUT2D eigenvalue weighted by Gasteiger charge is -2.17. The van der Waals surface area contributed by atoms with Crippen molar-refractivity contribution in [1.82, 2.24) is 0 Å². The number of carbonyl (C=O) groups is 1. The van der Waals surface area contributed by atoms with Crippen molar-refractivity contribution in [3.63, 3.8) is 0 Å². The molecule has 3 rings (SSSR count). The van der Waals surface area contributed by atoms with Gasteiger partial charge < -0.3 is 14.8 Å². The van der Waals surface area contributed by atoms with Crippen LogP contribution in [0.3, 0.4) is 0 Å². The number of anilines is 1. The van der Waals surface area contributed by atoms with Crippen molar-refractivity contribution < 1.29 is 14.3 Å². The Morgan fingerprint density at radius 3 is 2.76 bits per heavy atom. The van der Waals surface area contributed by atoms with Crippen molar-refractivity contribution in [2.75, 3.05) is 19.0 Å². The minimum absolute atomic E-state index is 0.117. The number of hydrogen-bond donors (Lipinski definition) is 1. The molecule has 0 radical (unpaired) electrons. The molecule has 0 aliphatic carbocycles. The molecule has 1 heterocycles. The minimum Gasteiger partial charge on any atom is -0.497 e. The second-order valence-corrected chi connectivity index (χ2v) is 4.96. The smallest absolute Gasteiger partial charge is 0.255 e. The number of benzene rings is 2. The summed E-state index contributed by atoms with van der Waals surface area (Å²) >= 11 is 0. The van der Waals surface area contributed by atoms with Gasteiger partial charge in [0.2, 0.25) is 0 Å². The van der Waals surface area contributed by atoms with E-state index in [1.165, 1.54) is 0 Å². The fourth-order valence-electron chi connectivity index (χ4n) is 2.38. The molecule has 0 fully saturated rings. The molecule has 0 unspecified atom stereocenters. The largest absolute Gasteiger partial charge is 0.497 e. The SMILES string of the molecule is COc1ccc(NC(=O)c2ccc3c(c2)CCCO3)cc1. The highest BCUT2D eigenvalue weighted by Gasteiger charge is 2.13. The van der Waals surface area contributed by atoms with Gasteiger partial charge >= 0.3 is 0 Å². The summed E-state index contributed by atoms with van der Waals surface area (Å²) in [4.78, 5) is 12.3. The Balaban J connectivity index is 1.75. The topological polar surface area (TPSA) is 47.6 Å². The van der Waals surface area contributed by atoms with Crippen molar-refractivity contribution >= 4 is 11.6 Å². The number of carbonyl (C=O) groups excluding carboxylic acids is 1. The van der Waals surface area contributed by atoms with E-state index in [1.54, 1.807) is 13.2 Å². The standard InChI is InChI=1S/C17H17NO3/c1-20-15-7-5-14(6-8-15)18-17(19)13-4-9-16-12(11-13)3-2-10-21-16/h4-9,11H,2-3,10H2,1H3,(H,18,19). The second kappa shape index (κ2) is 5.87. The van der Waals surface area contributed by atoms with E-state index in [9.17, 15) is 4.79 Å². The van der Waals surface area contributed by atoms with E-state index in [0.717, 1.165) is 42.2 Å². The van der Waals surface area contributed by atoms with Gasteiger partial charge in [0, 0.05) is 11.3 Å². The summed E-state index contributed by atoms with van der Waals surface area (Å²) in [6, 6.07) is 12.8. The first-order valence-electron chi connectivity index (χ1n) is 6.97. The van der Waals surface area contributed by atoms with Gasteiger partial charge in [-0.2, -0.15) is 0 Å². The van der Waals surface area contributed by atoms with E-state index < -0.39 is 0 Å². The van der Waals surface area contributed by atoms with Gasteiger partial charge in [-0.3, -0.25) is 4.79 Å². The monoisotopic (exact) mass is 283 g/mol. The number of amides is 1. The highest BCUT2D eigenvalue weighted by molar-refractivity contribution is 6.04. The van der Waals surface area contributed by atoms with Crippen LogP contribution >= 0.6 is 0 Å². The summed E-state index contributed by atoms with van der Waals surface area (Å²) in [6.45, 7) is 0.754. The lowest BCUT2D eigenvalue weighted by molar-refractivity contribution is 0.102. The lowest BCUT2D eigenvalue weighted by atomic mass is 10.0. The number of ether oxygens (including phenoxy) is 2. The number of aryl methyl sites for hydroxylation is 1. The average molecular weight is 283 g/mol. The van der Waals surface area contributed by atoms with E-state index in [-0.39, 0.29) is 5.91 Å². The first-order valence-corrected chi connectivity index (χ1v) is 6.97. The highest BCUT2D eigenvalue weighted by Crippen LogP contribution is 2.26. The predicted molar refractivity (Wildman–Crippen MR) is 81.2 cm³/mol. The molecule has 0 saturated heterocycles. The van der Waals surface area contributed by atoms with Crippen LogP contribution in [0.2, 0.25) is 0 Å². The molecule has 2 aromatic rings. The number of fused-ring (bicyclic) bond motifs is 1. The fourth-order valence-corrected chi connectivity index (χ4v) is 2.38. The Hall–Kier alpha value is -2.49. The molecule has 0 atom stereocenters. The summed E-state index contributed by atoms with van der Waals surface area (Å²) in [5.74, 6) is 1.54. The molecule has 4 nitrogen and oxygen atoms in total. The Morgan fingerprint density at radius 1 is 1.19 bits per heavy atom. The Morgan fingerprint density at radius 2 is 2.00 bits per heavy atom. The zero-order valence-electron chi connectivity index (χ0n) is 11.9. The molecule has 0 bridgehead atoms. The van der Waals surface area contributed by atoms with Gasteiger partial charge in [0.25, 0.3) is 5.91 Å². The first kappa shape index (κ1) is 13.5. The molecule has 108 valence electrons. The molecule has 0 saturated carbocycles. The summed E-state index contributed by atoms with van der Waals surface area (Å²) < 4.78 is 10.7. The van der Waals surface area contributed by atoms with Crippen molar-refractivity contribution in [3.05, 3.63) is 53.6 Å². The van der Waals surface area contributed by atoms with Gasteiger partial charge in [0.05, 0.1) is 13.7 Å². The van der Waals surface area contributed by atoms with Crippen molar-refractivity contribution in [1.29, 1.82) is 0 Å². The lowest BCUT2D eigenvalue weighted by Crippen LogP contribution is -2.14. The van der Waals surface area contributed by atoms with E-state index in [1.807, 2.05) is 36.4 Å². The molecule has 0 spiro atoms. The number of hydrogen-bond acceptors (Lipinski definition) is 3. The van der Waals surface area contributed by atoms with Crippen LogP contribution in [0.4, 0.5) is 5.69 Å². The summed E-state index contributed by atoms with van der Waals surface area (Å²) in [7, 11) is 1.61. The van der Waals surface area contributed by atoms with Gasteiger partial charge in [0.1, 0.15) is 11.5 Å². The van der Waals surface area contributed by atoms with E-state index in [2.05, 4.69) is 5.32 Å². The third-order valence-corrected chi connectivity index (χ3v) is 3.52.